The van der Waals surface area contributed by atoms with Crippen LogP contribution < -0.4 is 26.8 Å². The van der Waals surface area contributed by atoms with Crippen LogP contribution in [0, 0.1) is 0 Å². The second-order valence-electron chi connectivity index (χ2n) is 19.8. The van der Waals surface area contributed by atoms with Gasteiger partial charge in [0.15, 0.2) is 0 Å². The summed E-state index contributed by atoms with van der Waals surface area (Å²) in [6.07, 6.45) is 0. The molecule has 0 radical (unpaired) electrons. The van der Waals surface area contributed by atoms with Crippen LogP contribution in [0.25, 0.3) is 123 Å². The molecule has 19 rings (SSSR count). The highest BCUT2D eigenvalue weighted by Gasteiger charge is 2.48. The van der Waals surface area contributed by atoms with Gasteiger partial charge < -0.3 is 18.4 Å². The maximum absolute atomic E-state index is 2.82. The summed E-state index contributed by atoms with van der Waals surface area (Å²) < 4.78 is 13.6. The van der Waals surface area contributed by atoms with Crippen molar-refractivity contribution in [3.8, 4) is 27.9 Å². The quantitative estimate of drug-likeness (QED) is 0.150. The second-order valence-corrected chi connectivity index (χ2v) is 21.9. The third kappa shape index (κ3) is 3.87. The lowest BCUT2D eigenvalue weighted by Crippen LogP contribution is -2.56. The number of thiophene rings is 2. The lowest BCUT2D eigenvalue weighted by molar-refractivity contribution is 1.18. The molecule has 0 saturated heterocycles. The number of hydrogen-bond acceptors (Lipinski definition) is 3. The van der Waals surface area contributed by atoms with E-state index in [4.69, 9.17) is 0 Å². The van der Waals surface area contributed by atoms with Crippen molar-refractivity contribution in [2.24, 2.45) is 0 Å². The molecule has 9 heterocycles. The van der Waals surface area contributed by atoms with E-state index < -0.39 is 0 Å². The van der Waals surface area contributed by atoms with Gasteiger partial charge in [-0.25, -0.2) is 0 Å². The molecule has 0 aliphatic carbocycles. The Morgan fingerprint density at radius 3 is 1.66 bits per heavy atom. The number of fused-ring (bicyclic) bond motifs is 26. The summed E-state index contributed by atoms with van der Waals surface area (Å²) in [5, 5.41) is 10.8. The highest BCUT2D eigenvalue weighted by molar-refractivity contribution is 7.27. The van der Waals surface area contributed by atoms with Gasteiger partial charge in [-0.15, -0.1) is 22.7 Å². The standard InChI is InChI=1S/C62H32B2N4S2/c1-2-16-33(17-3-1)65-44-28-10-7-25-41(44)63-55-46(65)32-49-50(35-19-5-12-30-47(35)69-49)51(55)37-21-14-23-39-57(37)67(63)59-40-24-15-22-38-52-53-36-20-6-13-31-48(36)70-62(53)54-34-18-4-9-27-43(34)66-45-29-11-8-26-42(45)64(56(52)61(54)66)68(58(38)40)60(39)59/h1-32H. The van der Waals surface area contributed by atoms with Crippen molar-refractivity contribution in [1.29, 1.82) is 0 Å². The van der Waals surface area contributed by atoms with Crippen molar-refractivity contribution >= 4 is 170 Å². The first-order chi connectivity index (χ1) is 34.8. The molecule has 0 saturated carbocycles. The number of para-hydroxylation sites is 6. The number of anilines is 3. The lowest BCUT2D eigenvalue weighted by Gasteiger charge is -2.40. The average Bonchev–Trinajstić information content (AvgIpc) is 4.26. The molecule has 4 nitrogen and oxygen atoms in total. The molecule has 0 atom stereocenters. The molecule has 0 N–H and O–H groups in total. The molecule has 0 bridgehead atoms. The second kappa shape index (κ2) is 12.1. The van der Waals surface area contributed by atoms with Crippen LogP contribution in [0.1, 0.15) is 0 Å². The Kier molecular flexibility index (Phi) is 6.19. The highest BCUT2D eigenvalue weighted by Crippen LogP contribution is 2.55. The minimum Gasteiger partial charge on any atom is -0.374 e. The van der Waals surface area contributed by atoms with Crippen LogP contribution in [-0.4, -0.2) is 27.2 Å². The van der Waals surface area contributed by atoms with Gasteiger partial charge in [0, 0.05) is 107 Å². The topological polar surface area (TPSA) is 18.0 Å². The molecule has 4 aliphatic rings. The summed E-state index contributed by atoms with van der Waals surface area (Å²) in [7, 11) is 0. The van der Waals surface area contributed by atoms with Crippen LogP contribution in [0.3, 0.4) is 0 Å². The highest BCUT2D eigenvalue weighted by atomic mass is 32.1. The SMILES string of the molecule is c1ccc(N2c3ccccc3B3c4c2cc2sc5ccccc5c2c4-c2cccc4c2n3c2c3cccc5c3n(c42)B2c3ccccc3-n3c4ccccc4c4c6sc7ccccc7c6c-5c2c43)cc1. The van der Waals surface area contributed by atoms with E-state index in [1.165, 1.54) is 162 Å². The van der Waals surface area contributed by atoms with Gasteiger partial charge in [-0.05, 0) is 81.5 Å². The molecular formula is C62H32B2N4S2. The molecule has 15 aromatic rings. The van der Waals surface area contributed by atoms with Crippen LogP contribution >= 0.6 is 22.7 Å². The Bertz CT molecular complexity index is 4990. The molecule has 0 spiro atoms. The summed E-state index contributed by atoms with van der Waals surface area (Å²) in [6.45, 7) is -0.144. The van der Waals surface area contributed by atoms with Crippen LogP contribution in [0.5, 0.6) is 0 Å². The van der Waals surface area contributed by atoms with Crippen molar-refractivity contribution in [3.63, 3.8) is 0 Å². The molecule has 4 aliphatic heterocycles. The lowest BCUT2D eigenvalue weighted by atomic mass is 9.45. The Balaban J connectivity index is 1.05. The van der Waals surface area contributed by atoms with Crippen LogP contribution in [0.4, 0.5) is 17.1 Å². The van der Waals surface area contributed by atoms with Gasteiger partial charge in [0.1, 0.15) is 0 Å². The molecule has 318 valence electrons. The summed E-state index contributed by atoms with van der Waals surface area (Å²) >= 11 is 3.89. The zero-order chi connectivity index (χ0) is 44.8. The van der Waals surface area contributed by atoms with Gasteiger partial charge in [-0.2, -0.15) is 0 Å². The van der Waals surface area contributed by atoms with E-state index in [1.807, 2.05) is 22.7 Å². The Morgan fingerprint density at radius 2 is 0.914 bits per heavy atom. The molecular weight excluding hydrogens is 886 g/mol. The fraction of sp³-hybridized carbons (Fsp3) is 0. The van der Waals surface area contributed by atoms with Crippen LogP contribution in [-0.2, 0) is 0 Å². The van der Waals surface area contributed by atoms with Crippen LogP contribution in [0.15, 0.2) is 194 Å². The van der Waals surface area contributed by atoms with Gasteiger partial charge >= 0.3 is 13.7 Å². The molecule has 8 heteroatoms. The van der Waals surface area contributed by atoms with E-state index in [0.717, 1.165) is 0 Å². The number of aromatic nitrogens is 3. The first-order valence-electron chi connectivity index (χ1n) is 24.3. The number of nitrogens with zero attached hydrogens (tertiary/aromatic N) is 4. The fourth-order valence-electron chi connectivity index (χ4n) is 14.4. The van der Waals surface area contributed by atoms with Gasteiger partial charge in [0.2, 0.25) is 0 Å². The van der Waals surface area contributed by atoms with Crippen LogP contribution in [0.2, 0.25) is 0 Å². The van der Waals surface area contributed by atoms with Gasteiger partial charge in [0.25, 0.3) is 0 Å². The molecule has 70 heavy (non-hydrogen) atoms. The smallest absolute Gasteiger partial charge is 0.333 e. The molecule has 10 aromatic carbocycles. The normalized spacial score (nSPS) is 13.9. The Labute approximate surface area is 408 Å². The number of rotatable bonds is 1. The van der Waals surface area contributed by atoms with Crippen molar-refractivity contribution in [3.05, 3.63) is 194 Å². The maximum Gasteiger partial charge on any atom is 0.333 e. The van der Waals surface area contributed by atoms with Crippen molar-refractivity contribution < 1.29 is 0 Å². The Hall–Kier alpha value is -8.29. The summed E-state index contributed by atoms with van der Waals surface area (Å²) in [6, 6.07) is 73.9. The van der Waals surface area contributed by atoms with Gasteiger partial charge in [-0.3, -0.25) is 0 Å². The summed E-state index contributed by atoms with van der Waals surface area (Å²) in [5.74, 6) is 0. The van der Waals surface area contributed by atoms with Crippen molar-refractivity contribution in [1.82, 2.24) is 13.5 Å². The predicted molar refractivity (Wildman–Crippen MR) is 301 cm³/mol. The fourth-order valence-corrected chi connectivity index (χ4v) is 16.8. The van der Waals surface area contributed by atoms with E-state index in [9.17, 15) is 0 Å². The third-order valence-corrected chi connectivity index (χ3v) is 19.0. The summed E-state index contributed by atoms with van der Waals surface area (Å²) in [4.78, 5) is 2.55. The number of hydrogen-bond donors (Lipinski definition) is 0. The van der Waals surface area contributed by atoms with Crippen molar-refractivity contribution in [2.45, 2.75) is 0 Å². The zero-order valence-electron chi connectivity index (χ0n) is 37.2. The van der Waals surface area contributed by atoms with Crippen molar-refractivity contribution in [2.75, 3.05) is 4.90 Å². The monoisotopic (exact) mass is 918 g/mol. The van der Waals surface area contributed by atoms with E-state index in [1.54, 1.807) is 0 Å². The molecule has 0 unspecified atom stereocenters. The maximum atomic E-state index is 2.82. The van der Waals surface area contributed by atoms with E-state index in [2.05, 4.69) is 213 Å². The van der Waals surface area contributed by atoms with Gasteiger partial charge in [-0.1, -0.05) is 146 Å². The average molecular weight is 919 g/mol. The molecule has 0 fully saturated rings. The minimum absolute atomic E-state index is 0.0652. The zero-order valence-corrected chi connectivity index (χ0v) is 38.9. The predicted octanol–water partition coefficient (Wildman–Crippen LogP) is 13.9. The van der Waals surface area contributed by atoms with E-state index in [0.29, 0.717) is 0 Å². The number of benzene rings is 10. The summed E-state index contributed by atoms with van der Waals surface area (Å²) in [5.41, 5.74) is 23.7. The van der Waals surface area contributed by atoms with Gasteiger partial charge in [0.05, 0.1) is 22.1 Å². The first kappa shape index (κ1) is 35.8. The minimum atomic E-state index is -0.0784. The molecule has 5 aromatic heterocycles. The molecule has 0 amide bonds. The van der Waals surface area contributed by atoms with E-state index in [-0.39, 0.29) is 13.7 Å². The largest absolute Gasteiger partial charge is 0.374 e. The Morgan fingerprint density at radius 1 is 0.357 bits per heavy atom. The first-order valence-corrected chi connectivity index (χ1v) is 26.0. The third-order valence-electron chi connectivity index (χ3n) is 16.7. The van der Waals surface area contributed by atoms with E-state index >= 15 is 0 Å².